The van der Waals surface area contributed by atoms with E-state index in [0.717, 1.165) is 63.3 Å². The lowest BCUT2D eigenvalue weighted by Gasteiger charge is -2.31. The molecule has 3 fully saturated rings. The van der Waals surface area contributed by atoms with E-state index >= 15 is 0 Å². The number of nitrogens with zero attached hydrogens (tertiary/aromatic N) is 2. The number of rotatable bonds is 4. The quantitative estimate of drug-likeness (QED) is 0.733. The monoisotopic (exact) mass is 427 g/mol. The van der Waals surface area contributed by atoms with Crippen molar-refractivity contribution in [3.8, 4) is 5.75 Å². The summed E-state index contributed by atoms with van der Waals surface area (Å²) in [6, 6.07) is 5.43. The number of piperidine rings is 1. The molecule has 0 bridgehead atoms. The van der Waals surface area contributed by atoms with E-state index in [1.165, 1.54) is 0 Å². The summed E-state index contributed by atoms with van der Waals surface area (Å²) in [6.45, 7) is 3.97. The highest BCUT2D eigenvalue weighted by Crippen LogP contribution is 2.33. The average molecular weight is 428 g/mol. The summed E-state index contributed by atoms with van der Waals surface area (Å²) in [5.41, 5.74) is 1.50. The van der Waals surface area contributed by atoms with Gasteiger partial charge in [-0.2, -0.15) is 0 Å². The molecule has 1 aromatic carbocycles. The van der Waals surface area contributed by atoms with Crippen LogP contribution in [0.25, 0.3) is 0 Å². The normalized spacial score (nSPS) is 29.6. The molecule has 8 nitrogen and oxygen atoms in total. The van der Waals surface area contributed by atoms with Crippen LogP contribution in [0.5, 0.6) is 5.75 Å². The van der Waals surface area contributed by atoms with Gasteiger partial charge >= 0.3 is 0 Å². The molecule has 3 heterocycles. The number of ether oxygens (including phenoxy) is 2. The van der Waals surface area contributed by atoms with Gasteiger partial charge in [0.25, 0.3) is 5.91 Å². The number of hydrogen-bond acceptors (Lipinski definition) is 6. The third-order valence-corrected chi connectivity index (χ3v) is 6.93. The molecule has 0 spiro atoms. The van der Waals surface area contributed by atoms with Crippen LogP contribution in [0.4, 0.5) is 0 Å². The zero-order valence-corrected chi connectivity index (χ0v) is 17.7. The second kappa shape index (κ2) is 8.59. The van der Waals surface area contributed by atoms with Gasteiger partial charge in [-0.3, -0.25) is 24.6 Å². The fourth-order valence-electron chi connectivity index (χ4n) is 5.36. The molecule has 3 amide bonds. The van der Waals surface area contributed by atoms with Gasteiger partial charge in [-0.15, -0.1) is 0 Å². The Labute approximate surface area is 181 Å². The van der Waals surface area contributed by atoms with Gasteiger partial charge in [-0.25, -0.2) is 0 Å². The minimum absolute atomic E-state index is 0.138. The first-order valence-electron chi connectivity index (χ1n) is 11.4. The summed E-state index contributed by atoms with van der Waals surface area (Å²) in [4.78, 5) is 40.6. The smallest absolute Gasteiger partial charge is 0.255 e. The van der Waals surface area contributed by atoms with Crippen LogP contribution < -0.4 is 10.1 Å². The molecule has 1 aromatic rings. The molecule has 4 aliphatic rings. The Hall–Kier alpha value is -2.45. The van der Waals surface area contributed by atoms with Gasteiger partial charge in [0.2, 0.25) is 11.8 Å². The largest absolute Gasteiger partial charge is 0.489 e. The fraction of sp³-hybridized carbons (Fsp3) is 0.609. The summed E-state index contributed by atoms with van der Waals surface area (Å²) in [6.07, 6.45) is 5.14. The predicted molar refractivity (Wildman–Crippen MR) is 112 cm³/mol. The first-order chi connectivity index (χ1) is 15.1. The molecule has 0 radical (unpaired) electrons. The van der Waals surface area contributed by atoms with Crippen molar-refractivity contribution < 1.29 is 23.9 Å². The van der Waals surface area contributed by atoms with E-state index in [1.54, 1.807) is 4.90 Å². The topological polar surface area (TPSA) is 88.2 Å². The third kappa shape index (κ3) is 4.06. The molecular weight excluding hydrogens is 398 g/mol. The van der Waals surface area contributed by atoms with Crippen molar-refractivity contribution in [1.82, 2.24) is 15.1 Å². The van der Waals surface area contributed by atoms with E-state index in [9.17, 15) is 14.4 Å². The third-order valence-electron chi connectivity index (χ3n) is 6.93. The molecule has 8 heteroatoms. The van der Waals surface area contributed by atoms with Gasteiger partial charge in [0.1, 0.15) is 17.9 Å². The number of benzene rings is 1. The standard InChI is InChI=1S/C23H29N3O5/c27-21-8-7-19(22(28)24-21)26-14-15-13-16(5-6-17(15)23(26)29)31-20-4-1-3-18(20)25-9-2-11-30-12-10-25/h5-6,13,18-20H,1-4,7-12,14H2,(H,24,27,28). The summed E-state index contributed by atoms with van der Waals surface area (Å²) >= 11 is 0. The highest BCUT2D eigenvalue weighted by molar-refractivity contribution is 6.05. The molecule has 166 valence electrons. The lowest BCUT2D eigenvalue weighted by molar-refractivity contribution is -0.136. The van der Waals surface area contributed by atoms with Crippen molar-refractivity contribution in [2.24, 2.45) is 0 Å². The number of hydrogen-bond donors (Lipinski definition) is 1. The van der Waals surface area contributed by atoms with Crippen LogP contribution in [0.1, 0.15) is 54.4 Å². The molecule has 5 rings (SSSR count). The van der Waals surface area contributed by atoms with E-state index in [1.807, 2.05) is 18.2 Å². The van der Waals surface area contributed by atoms with Gasteiger partial charge in [0.05, 0.1) is 6.61 Å². The Kier molecular flexibility index (Phi) is 5.67. The first kappa shape index (κ1) is 20.5. The molecule has 2 saturated heterocycles. The van der Waals surface area contributed by atoms with Gasteiger partial charge in [-0.1, -0.05) is 0 Å². The van der Waals surface area contributed by atoms with E-state index in [0.29, 0.717) is 24.6 Å². The molecule has 1 N–H and O–H groups in total. The number of carbonyl (C=O) groups is 3. The summed E-state index contributed by atoms with van der Waals surface area (Å²) in [5, 5.41) is 2.34. The van der Waals surface area contributed by atoms with E-state index < -0.39 is 6.04 Å². The summed E-state index contributed by atoms with van der Waals surface area (Å²) < 4.78 is 12.0. The molecule has 3 unspecified atom stereocenters. The minimum Gasteiger partial charge on any atom is -0.489 e. The second-order valence-corrected chi connectivity index (χ2v) is 8.88. The number of amides is 3. The predicted octanol–water partition coefficient (Wildman–Crippen LogP) is 1.47. The SMILES string of the molecule is O=C1CCC(N2Cc3cc(OC4CCCC4N4CCCOCC4)ccc3C2=O)C(=O)N1. The molecule has 1 aliphatic carbocycles. The Bertz CT molecular complexity index is 880. The highest BCUT2D eigenvalue weighted by Gasteiger charge is 2.39. The Morgan fingerprint density at radius 3 is 2.81 bits per heavy atom. The maximum Gasteiger partial charge on any atom is 0.255 e. The van der Waals surface area contributed by atoms with Crippen molar-refractivity contribution in [3.05, 3.63) is 29.3 Å². The van der Waals surface area contributed by atoms with Crippen LogP contribution in [0, 0.1) is 0 Å². The van der Waals surface area contributed by atoms with Gasteiger partial charge < -0.3 is 14.4 Å². The molecule has 31 heavy (non-hydrogen) atoms. The van der Waals surface area contributed by atoms with Crippen molar-refractivity contribution in [2.45, 2.75) is 63.3 Å². The van der Waals surface area contributed by atoms with E-state index in [4.69, 9.17) is 9.47 Å². The fourth-order valence-corrected chi connectivity index (χ4v) is 5.36. The van der Waals surface area contributed by atoms with Crippen molar-refractivity contribution in [1.29, 1.82) is 0 Å². The van der Waals surface area contributed by atoms with Crippen molar-refractivity contribution in [3.63, 3.8) is 0 Å². The van der Waals surface area contributed by atoms with E-state index in [-0.39, 0.29) is 30.2 Å². The zero-order chi connectivity index (χ0) is 21.4. The number of nitrogens with one attached hydrogen (secondary N) is 1. The lowest BCUT2D eigenvalue weighted by atomic mass is 10.0. The van der Waals surface area contributed by atoms with Gasteiger partial charge in [0, 0.05) is 44.3 Å². The Morgan fingerprint density at radius 2 is 1.94 bits per heavy atom. The van der Waals surface area contributed by atoms with Gasteiger partial charge in [-0.05, 0) is 55.9 Å². The van der Waals surface area contributed by atoms with Crippen LogP contribution in [-0.4, -0.2) is 72.0 Å². The Morgan fingerprint density at radius 1 is 1.03 bits per heavy atom. The number of imide groups is 1. The maximum absolute atomic E-state index is 12.9. The lowest BCUT2D eigenvalue weighted by Crippen LogP contribution is -2.52. The van der Waals surface area contributed by atoms with Gasteiger partial charge in [0.15, 0.2) is 0 Å². The van der Waals surface area contributed by atoms with Crippen molar-refractivity contribution in [2.75, 3.05) is 26.3 Å². The summed E-state index contributed by atoms with van der Waals surface area (Å²) in [7, 11) is 0. The van der Waals surface area contributed by atoms with Crippen LogP contribution in [-0.2, 0) is 20.9 Å². The van der Waals surface area contributed by atoms with Crippen LogP contribution in [0.3, 0.4) is 0 Å². The molecule has 1 saturated carbocycles. The minimum atomic E-state index is -0.591. The average Bonchev–Trinajstić information content (AvgIpc) is 3.22. The number of fused-ring (bicyclic) bond motifs is 1. The highest BCUT2D eigenvalue weighted by atomic mass is 16.5. The van der Waals surface area contributed by atoms with Crippen LogP contribution in [0.15, 0.2) is 18.2 Å². The van der Waals surface area contributed by atoms with Crippen LogP contribution >= 0.6 is 0 Å². The van der Waals surface area contributed by atoms with E-state index in [2.05, 4.69) is 10.2 Å². The summed E-state index contributed by atoms with van der Waals surface area (Å²) in [5.74, 6) is -0.0358. The van der Waals surface area contributed by atoms with Crippen LogP contribution in [0.2, 0.25) is 0 Å². The molecule has 0 aromatic heterocycles. The first-order valence-corrected chi connectivity index (χ1v) is 11.4. The maximum atomic E-state index is 12.9. The second-order valence-electron chi connectivity index (χ2n) is 8.88. The Balaban J connectivity index is 1.28. The molecule has 3 atom stereocenters. The van der Waals surface area contributed by atoms with Crippen molar-refractivity contribution >= 4 is 17.7 Å². The molecular formula is C23H29N3O5. The number of carbonyl (C=O) groups excluding carboxylic acids is 3. The molecule has 3 aliphatic heterocycles. The zero-order valence-electron chi connectivity index (χ0n) is 17.7.